The summed E-state index contributed by atoms with van der Waals surface area (Å²) in [6.45, 7) is 3.62. The Morgan fingerprint density at radius 3 is 1.94 bits per heavy atom. The Morgan fingerprint density at radius 1 is 0.944 bits per heavy atom. The normalized spacial score (nSPS) is 13.8. The van der Waals surface area contributed by atoms with Crippen LogP contribution in [0.25, 0.3) is 11.1 Å². The Kier molecular flexibility index (Phi) is 8.34. The fourth-order valence-corrected chi connectivity index (χ4v) is 4.68. The molecule has 1 aliphatic carbocycles. The first-order valence-corrected chi connectivity index (χ1v) is 11.8. The van der Waals surface area contributed by atoms with E-state index in [1.165, 1.54) is 30.9 Å². The number of carboxylic acids is 1. The van der Waals surface area contributed by atoms with Gasteiger partial charge in [0.05, 0.1) is 6.42 Å². The maximum atomic E-state index is 13.1. The summed E-state index contributed by atoms with van der Waals surface area (Å²) in [6.07, 6.45) is -1.25. The largest absolute Gasteiger partial charge is 0.481 e. The molecule has 2 atom stereocenters. The fraction of sp³-hybridized carbons (Fsp3) is 0.407. The minimum absolute atomic E-state index is 0.102. The summed E-state index contributed by atoms with van der Waals surface area (Å²) < 4.78 is 5.68. The first kappa shape index (κ1) is 26.7. The maximum absolute atomic E-state index is 13.1. The van der Waals surface area contributed by atoms with Crippen LogP contribution in [-0.4, -0.2) is 78.6 Å². The van der Waals surface area contributed by atoms with Gasteiger partial charge in [0.25, 0.3) is 0 Å². The second-order valence-electron chi connectivity index (χ2n) is 9.50. The molecule has 1 aliphatic rings. The molecule has 3 rings (SSSR count). The number of likely N-dealkylation sites (N-methyl/N-ethyl adjacent to an activating group) is 2. The summed E-state index contributed by atoms with van der Waals surface area (Å²) in [7, 11) is 4.42. The number of amides is 3. The number of nitrogens with zero attached hydrogens (tertiary/aromatic N) is 2. The number of hydrogen-bond donors (Lipinski definition) is 2. The summed E-state index contributed by atoms with van der Waals surface area (Å²) in [5.74, 6) is -2.84. The highest BCUT2D eigenvalue weighted by molar-refractivity contribution is 5.93. The zero-order chi connectivity index (χ0) is 26.6. The molecule has 0 fully saturated rings. The van der Waals surface area contributed by atoms with Crippen LogP contribution in [0.1, 0.15) is 37.3 Å². The van der Waals surface area contributed by atoms with E-state index in [1.807, 2.05) is 48.5 Å². The van der Waals surface area contributed by atoms with Crippen LogP contribution in [0.5, 0.6) is 0 Å². The van der Waals surface area contributed by atoms with Crippen molar-refractivity contribution in [2.45, 2.75) is 38.3 Å². The van der Waals surface area contributed by atoms with Crippen molar-refractivity contribution in [3.63, 3.8) is 0 Å². The Hall–Kier alpha value is -3.88. The van der Waals surface area contributed by atoms with Crippen molar-refractivity contribution in [2.75, 3.05) is 27.7 Å². The summed E-state index contributed by atoms with van der Waals surface area (Å²) in [6, 6.07) is 13.8. The number of benzene rings is 2. The molecular weight excluding hydrogens is 462 g/mol. The second-order valence-corrected chi connectivity index (χ2v) is 9.50. The van der Waals surface area contributed by atoms with Crippen molar-refractivity contribution >= 4 is 23.9 Å². The monoisotopic (exact) mass is 495 g/mol. The standard InChI is InChI=1S/C27H33N3O6/c1-16(2)24(25(33)28-22(14-23(31)32)26(34)29(3)4)30(5)27(35)36-15-21-19-12-8-6-10-17(19)18-11-7-9-13-20(18)21/h6-13,16,21-22,24H,14-15H2,1-5H3,(H,28,33)(H,31,32)/t22-,24-/m0/s1. The highest BCUT2D eigenvalue weighted by Gasteiger charge is 2.35. The van der Waals surface area contributed by atoms with Gasteiger partial charge in [-0.25, -0.2) is 4.79 Å². The van der Waals surface area contributed by atoms with Gasteiger partial charge in [-0.2, -0.15) is 0 Å². The maximum Gasteiger partial charge on any atom is 0.410 e. The molecule has 36 heavy (non-hydrogen) atoms. The van der Waals surface area contributed by atoms with E-state index in [9.17, 15) is 24.3 Å². The number of nitrogens with one attached hydrogen (secondary N) is 1. The lowest BCUT2D eigenvalue weighted by Crippen LogP contribution is -2.56. The molecule has 2 aromatic carbocycles. The molecule has 2 N–H and O–H groups in total. The van der Waals surface area contributed by atoms with Gasteiger partial charge in [-0.1, -0.05) is 62.4 Å². The van der Waals surface area contributed by atoms with E-state index >= 15 is 0 Å². The number of rotatable bonds is 9. The molecule has 192 valence electrons. The van der Waals surface area contributed by atoms with Gasteiger partial charge in [-0.3, -0.25) is 19.3 Å². The average Bonchev–Trinajstić information content (AvgIpc) is 3.14. The quantitative estimate of drug-likeness (QED) is 0.553. The van der Waals surface area contributed by atoms with E-state index in [2.05, 4.69) is 5.32 Å². The van der Waals surface area contributed by atoms with Gasteiger partial charge in [0.15, 0.2) is 0 Å². The molecule has 0 saturated heterocycles. The number of carboxylic acid groups (broad SMARTS) is 1. The molecule has 9 heteroatoms. The minimum atomic E-state index is -1.25. The first-order chi connectivity index (χ1) is 17.0. The third-order valence-electron chi connectivity index (χ3n) is 6.38. The SMILES string of the molecule is CC(C)[C@@H](C(=O)N[C@@H](CC(=O)O)C(=O)N(C)C)N(C)C(=O)OCC1c2ccccc2-c2ccccc21. The van der Waals surface area contributed by atoms with Crippen molar-refractivity contribution in [1.82, 2.24) is 15.1 Å². The van der Waals surface area contributed by atoms with E-state index in [0.29, 0.717) is 0 Å². The van der Waals surface area contributed by atoms with Crippen LogP contribution in [0.3, 0.4) is 0 Å². The third kappa shape index (κ3) is 5.67. The third-order valence-corrected chi connectivity index (χ3v) is 6.38. The van der Waals surface area contributed by atoms with Crippen LogP contribution in [0.4, 0.5) is 4.79 Å². The number of fused-ring (bicyclic) bond motifs is 3. The van der Waals surface area contributed by atoms with E-state index in [4.69, 9.17) is 4.74 Å². The lowest BCUT2D eigenvalue weighted by atomic mass is 9.98. The summed E-state index contributed by atoms with van der Waals surface area (Å²) in [5, 5.41) is 11.7. The highest BCUT2D eigenvalue weighted by atomic mass is 16.6. The number of carbonyl (C=O) groups excluding carboxylic acids is 3. The average molecular weight is 496 g/mol. The molecule has 2 aromatic rings. The molecule has 0 radical (unpaired) electrons. The molecule has 0 spiro atoms. The zero-order valence-electron chi connectivity index (χ0n) is 21.2. The van der Waals surface area contributed by atoms with Gasteiger partial charge in [-0.05, 0) is 28.2 Å². The lowest BCUT2D eigenvalue weighted by Gasteiger charge is -2.31. The molecule has 0 aromatic heterocycles. The Labute approximate surface area is 211 Å². The predicted molar refractivity (Wildman–Crippen MR) is 134 cm³/mol. The van der Waals surface area contributed by atoms with Crippen LogP contribution < -0.4 is 5.32 Å². The highest BCUT2D eigenvalue weighted by Crippen LogP contribution is 2.44. The molecular formula is C27H33N3O6. The number of aliphatic carboxylic acids is 1. The van der Waals surface area contributed by atoms with Crippen LogP contribution in [-0.2, 0) is 19.1 Å². The van der Waals surface area contributed by atoms with Crippen molar-refractivity contribution in [1.29, 1.82) is 0 Å². The van der Waals surface area contributed by atoms with Crippen LogP contribution in [0.2, 0.25) is 0 Å². The Bertz CT molecular complexity index is 1100. The smallest absolute Gasteiger partial charge is 0.410 e. The summed E-state index contributed by atoms with van der Waals surface area (Å²) in [5.41, 5.74) is 4.37. The molecule has 0 aliphatic heterocycles. The first-order valence-electron chi connectivity index (χ1n) is 11.8. The molecule has 0 bridgehead atoms. The van der Waals surface area contributed by atoms with E-state index in [1.54, 1.807) is 13.8 Å². The number of carbonyl (C=O) groups is 4. The van der Waals surface area contributed by atoms with Gasteiger partial charge < -0.3 is 20.1 Å². The van der Waals surface area contributed by atoms with Crippen molar-refractivity contribution in [2.24, 2.45) is 5.92 Å². The van der Waals surface area contributed by atoms with Crippen LogP contribution in [0.15, 0.2) is 48.5 Å². The molecule has 0 heterocycles. The molecule has 3 amide bonds. The molecule has 9 nitrogen and oxygen atoms in total. The predicted octanol–water partition coefficient (Wildman–Crippen LogP) is 2.94. The Balaban J connectivity index is 1.73. The van der Waals surface area contributed by atoms with Gasteiger partial charge in [0.2, 0.25) is 11.8 Å². The van der Waals surface area contributed by atoms with E-state index < -0.39 is 42.4 Å². The molecule has 0 saturated carbocycles. The zero-order valence-corrected chi connectivity index (χ0v) is 21.2. The minimum Gasteiger partial charge on any atom is -0.481 e. The second kappa shape index (κ2) is 11.2. The van der Waals surface area contributed by atoms with Gasteiger partial charge in [0.1, 0.15) is 18.7 Å². The van der Waals surface area contributed by atoms with Crippen molar-refractivity contribution in [3.8, 4) is 11.1 Å². The van der Waals surface area contributed by atoms with Gasteiger partial charge >= 0.3 is 12.1 Å². The van der Waals surface area contributed by atoms with Crippen molar-refractivity contribution in [3.05, 3.63) is 59.7 Å². The summed E-state index contributed by atoms with van der Waals surface area (Å²) >= 11 is 0. The Morgan fingerprint density at radius 2 is 1.47 bits per heavy atom. The number of ether oxygens (including phenoxy) is 1. The van der Waals surface area contributed by atoms with Crippen LogP contribution in [0, 0.1) is 5.92 Å². The van der Waals surface area contributed by atoms with E-state index in [0.717, 1.165) is 22.3 Å². The molecule has 0 unspecified atom stereocenters. The van der Waals surface area contributed by atoms with Crippen molar-refractivity contribution < 1.29 is 29.0 Å². The summed E-state index contributed by atoms with van der Waals surface area (Å²) in [4.78, 5) is 52.2. The topological polar surface area (TPSA) is 116 Å². The van der Waals surface area contributed by atoms with Crippen LogP contribution >= 0.6 is 0 Å². The fourth-order valence-electron chi connectivity index (χ4n) is 4.68. The van der Waals surface area contributed by atoms with Gasteiger partial charge in [-0.15, -0.1) is 0 Å². The van der Waals surface area contributed by atoms with E-state index in [-0.39, 0.29) is 18.4 Å². The lowest BCUT2D eigenvalue weighted by molar-refractivity contribution is -0.143. The van der Waals surface area contributed by atoms with Gasteiger partial charge in [0, 0.05) is 27.1 Å². The number of hydrogen-bond acceptors (Lipinski definition) is 5.